The fraction of sp³-hybridized carbons (Fsp3) is 0.367. The monoisotopic (exact) mass is 523 g/mol. The molecule has 1 amide bonds. The molecule has 3 saturated heterocycles. The molecule has 6 rings (SSSR count). The zero-order chi connectivity index (χ0) is 26.7. The molecule has 0 spiro atoms. The Morgan fingerprint density at radius 1 is 0.974 bits per heavy atom. The van der Waals surface area contributed by atoms with E-state index in [1.807, 2.05) is 17.4 Å². The van der Waals surface area contributed by atoms with E-state index >= 15 is 0 Å². The van der Waals surface area contributed by atoms with Crippen molar-refractivity contribution in [3.05, 3.63) is 95.6 Å². The highest BCUT2D eigenvalue weighted by Crippen LogP contribution is 2.42. The van der Waals surface area contributed by atoms with Crippen molar-refractivity contribution in [2.24, 2.45) is 5.92 Å². The van der Waals surface area contributed by atoms with Gasteiger partial charge < -0.3 is 15.4 Å². The number of carbonyl (C=O) groups is 1. The van der Waals surface area contributed by atoms with E-state index in [9.17, 15) is 18.0 Å². The summed E-state index contributed by atoms with van der Waals surface area (Å²) in [7, 11) is 1.53. The minimum atomic E-state index is -4.95. The van der Waals surface area contributed by atoms with Crippen LogP contribution in [0.1, 0.15) is 35.4 Å². The van der Waals surface area contributed by atoms with Crippen LogP contribution in [0.2, 0.25) is 0 Å². The van der Waals surface area contributed by atoms with Crippen molar-refractivity contribution < 1.29 is 22.7 Å². The Kier molecular flexibility index (Phi) is 7.72. The van der Waals surface area contributed by atoms with Gasteiger partial charge in [0.05, 0.1) is 7.11 Å². The number of rotatable bonds is 8. The summed E-state index contributed by atoms with van der Waals surface area (Å²) in [6, 6.07) is 26.1. The number of fused-ring (bicyclic) bond motifs is 3. The van der Waals surface area contributed by atoms with Crippen molar-refractivity contribution in [1.82, 2.24) is 10.2 Å². The fourth-order valence-electron chi connectivity index (χ4n) is 6.12. The molecule has 3 fully saturated rings. The largest absolute Gasteiger partial charge is 0.496 e. The smallest absolute Gasteiger partial charge is 0.471 e. The van der Waals surface area contributed by atoms with Crippen LogP contribution in [0, 0.1) is 5.92 Å². The van der Waals surface area contributed by atoms with Gasteiger partial charge in [-0.3, -0.25) is 9.69 Å². The highest BCUT2D eigenvalue weighted by atomic mass is 19.4. The number of nitrogens with zero attached hydrogens (tertiary/aromatic N) is 1. The molecule has 2 atom stereocenters. The Hall–Kier alpha value is -3.36. The van der Waals surface area contributed by atoms with Crippen LogP contribution < -0.4 is 15.4 Å². The maximum Gasteiger partial charge on any atom is 0.471 e. The number of hydrogen-bond donors (Lipinski definition) is 2. The summed E-state index contributed by atoms with van der Waals surface area (Å²) in [5, 5.41) is 5.72. The number of carbonyl (C=O) groups excluding carboxylic acids is 1. The average molecular weight is 524 g/mol. The number of benzene rings is 3. The maximum atomic E-state index is 12.8. The lowest BCUT2D eigenvalue weighted by Gasteiger charge is -2.54. The van der Waals surface area contributed by atoms with Crippen molar-refractivity contribution in [1.29, 1.82) is 0 Å². The van der Waals surface area contributed by atoms with Gasteiger partial charge >= 0.3 is 12.1 Å². The number of methoxy groups -OCH3 is 1. The Morgan fingerprint density at radius 3 is 2.13 bits per heavy atom. The van der Waals surface area contributed by atoms with E-state index in [4.69, 9.17) is 4.74 Å². The minimum Gasteiger partial charge on any atom is -0.496 e. The molecule has 3 aromatic rings. The molecular weight excluding hydrogens is 491 g/mol. The molecule has 200 valence electrons. The number of ether oxygens (including phenoxy) is 1. The lowest BCUT2D eigenvalue weighted by Crippen LogP contribution is -2.64. The van der Waals surface area contributed by atoms with Crippen LogP contribution >= 0.6 is 0 Å². The zero-order valence-corrected chi connectivity index (χ0v) is 21.2. The Balaban J connectivity index is 1.44. The molecule has 3 aliphatic heterocycles. The first-order valence-electron chi connectivity index (χ1n) is 13.0. The normalized spacial score (nSPS) is 22.9. The van der Waals surface area contributed by atoms with Crippen molar-refractivity contribution in [3.8, 4) is 5.75 Å². The highest BCUT2D eigenvalue weighted by molar-refractivity contribution is 5.95. The number of alkyl halides is 3. The Bertz CT molecular complexity index is 1190. The van der Waals surface area contributed by atoms with Crippen LogP contribution in [0.3, 0.4) is 0 Å². The average Bonchev–Trinajstić information content (AvgIpc) is 2.94. The molecule has 0 aromatic heterocycles. The predicted molar refractivity (Wildman–Crippen MR) is 141 cm³/mol. The number of nitrogens with one attached hydrogen (secondary N) is 2. The number of hydrogen-bond acceptors (Lipinski definition) is 4. The summed E-state index contributed by atoms with van der Waals surface area (Å²) in [6.07, 6.45) is -2.75. The zero-order valence-electron chi connectivity index (χ0n) is 21.2. The minimum absolute atomic E-state index is 0.0850. The molecule has 0 aliphatic carbocycles. The third-order valence-electron chi connectivity index (χ3n) is 7.85. The van der Waals surface area contributed by atoms with Crippen LogP contribution in [0.15, 0.2) is 78.9 Å². The standard InChI is InChI=1S/C30H32F3N3O2/c1-38-25-13-12-24(35-29(37)30(31,32)33)18-23(25)19-34-27-22-14-16-36(17-15-22)28(27)26(20-8-4-2-5-9-20)21-10-6-3-7-11-21/h2-13,18,22,26-28,34H,14-17,19H2,1H3,(H,35,37)/t27-,28-/m0/s1. The van der Waals surface area contributed by atoms with E-state index < -0.39 is 12.1 Å². The second kappa shape index (κ2) is 11.2. The Labute approximate surface area is 221 Å². The van der Waals surface area contributed by atoms with Crippen LogP contribution in [0.5, 0.6) is 5.75 Å². The van der Waals surface area contributed by atoms with Gasteiger partial charge in [-0.15, -0.1) is 0 Å². The predicted octanol–water partition coefficient (Wildman–Crippen LogP) is 5.58. The molecule has 3 aromatic carbocycles. The molecule has 3 aliphatic rings. The molecule has 3 heterocycles. The molecule has 8 heteroatoms. The van der Waals surface area contributed by atoms with E-state index in [2.05, 4.69) is 58.7 Å². The molecule has 0 saturated carbocycles. The van der Waals surface area contributed by atoms with Gasteiger partial charge in [-0.05, 0) is 61.2 Å². The van der Waals surface area contributed by atoms with Crippen molar-refractivity contribution in [2.75, 3.05) is 25.5 Å². The number of amides is 1. The van der Waals surface area contributed by atoms with Crippen LogP contribution in [0.4, 0.5) is 18.9 Å². The van der Waals surface area contributed by atoms with Crippen LogP contribution in [-0.4, -0.2) is 49.3 Å². The van der Waals surface area contributed by atoms with Gasteiger partial charge in [0.25, 0.3) is 0 Å². The van der Waals surface area contributed by atoms with Gasteiger partial charge in [0.2, 0.25) is 0 Å². The first-order valence-corrected chi connectivity index (χ1v) is 13.0. The van der Waals surface area contributed by atoms with Crippen molar-refractivity contribution in [3.63, 3.8) is 0 Å². The second-order valence-electron chi connectivity index (χ2n) is 10.0. The van der Waals surface area contributed by atoms with Crippen molar-refractivity contribution in [2.45, 2.75) is 43.6 Å². The first kappa shape index (κ1) is 26.3. The summed E-state index contributed by atoms with van der Waals surface area (Å²) in [4.78, 5) is 14.1. The second-order valence-corrected chi connectivity index (χ2v) is 10.0. The van der Waals surface area contributed by atoms with Crippen LogP contribution in [0.25, 0.3) is 0 Å². The third-order valence-corrected chi connectivity index (χ3v) is 7.85. The molecular formula is C30H32F3N3O2. The van der Waals surface area contributed by atoms with Gasteiger partial charge in [0.15, 0.2) is 0 Å². The lowest BCUT2D eigenvalue weighted by molar-refractivity contribution is -0.167. The number of anilines is 1. The summed E-state index contributed by atoms with van der Waals surface area (Å²) in [6.45, 7) is 2.50. The van der Waals surface area contributed by atoms with Gasteiger partial charge in [0.1, 0.15) is 5.75 Å². The topological polar surface area (TPSA) is 53.6 Å². The molecule has 0 unspecified atom stereocenters. The Morgan fingerprint density at radius 2 is 1.58 bits per heavy atom. The molecule has 2 bridgehead atoms. The van der Waals surface area contributed by atoms with E-state index in [1.54, 1.807) is 12.1 Å². The molecule has 38 heavy (non-hydrogen) atoms. The van der Waals surface area contributed by atoms with Crippen molar-refractivity contribution >= 4 is 11.6 Å². The molecule has 0 radical (unpaired) electrons. The summed E-state index contributed by atoms with van der Waals surface area (Å²) in [5.74, 6) is -0.785. The summed E-state index contributed by atoms with van der Waals surface area (Å²) >= 11 is 0. The molecule has 2 N–H and O–H groups in total. The van der Waals surface area contributed by atoms with Gasteiger partial charge in [-0.2, -0.15) is 13.2 Å². The van der Waals surface area contributed by atoms with E-state index in [0.29, 0.717) is 23.8 Å². The maximum absolute atomic E-state index is 12.8. The lowest BCUT2D eigenvalue weighted by atomic mass is 9.70. The summed E-state index contributed by atoms with van der Waals surface area (Å²) in [5.41, 5.74) is 3.30. The first-order chi connectivity index (χ1) is 18.3. The molecule has 5 nitrogen and oxygen atoms in total. The fourth-order valence-corrected chi connectivity index (χ4v) is 6.12. The SMILES string of the molecule is COc1ccc(NC(=O)C(F)(F)F)cc1CN[C@H]1C2CCN(CC2)[C@H]1C(c1ccccc1)c1ccccc1. The number of halogens is 3. The van der Waals surface area contributed by atoms with E-state index in [-0.39, 0.29) is 23.7 Å². The summed E-state index contributed by atoms with van der Waals surface area (Å²) < 4.78 is 43.9. The number of piperidine rings is 3. The highest BCUT2D eigenvalue weighted by Gasteiger charge is 2.46. The van der Waals surface area contributed by atoms with Gasteiger partial charge in [0, 0.05) is 35.8 Å². The van der Waals surface area contributed by atoms with Crippen LogP contribution in [-0.2, 0) is 11.3 Å². The third kappa shape index (κ3) is 5.56. The van der Waals surface area contributed by atoms with E-state index in [1.165, 1.54) is 24.3 Å². The van der Waals surface area contributed by atoms with Gasteiger partial charge in [-0.1, -0.05) is 60.7 Å². The van der Waals surface area contributed by atoms with E-state index in [0.717, 1.165) is 25.9 Å². The van der Waals surface area contributed by atoms with Gasteiger partial charge in [-0.25, -0.2) is 0 Å². The quantitative estimate of drug-likeness (QED) is 0.405.